The summed E-state index contributed by atoms with van der Waals surface area (Å²) in [5.74, 6) is 0.845. The molecule has 2 heterocycles. The van der Waals surface area contributed by atoms with E-state index in [1.807, 2.05) is 30.3 Å². The van der Waals surface area contributed by atoms with Crippen molar-refractivity contribution in [3.05, 3.63) is 35.4 Å². The quantitative estimate of drug-likeness (QED) is 0.849. The van der Waals surface area contributed by atoms with E-state index in [4.69, 9.17) is 4.74 Å². The predicted molar refractivity (Wildman–Crippen MR) is 87.8 cm³/mol. The molecule has 22 heavy (non-hydrogen) atoms. The number of benzene rings is 1. The van der Waals surface area contributed by atoms with Crippen LogP contribution in [0.3, 0.4) is 0 Å². The molecular formula is C18H24N2O2. The van der Waals surface area contributed by atoms with Crippen molar-refractivity contribution in [2.45, 2.75) is 25.7 Å². The van der Waals surface area contributed by atoms with Crippen LogP contribution >= 0.6 is 0 Å². The molecule has 2 aliphatic heterocycles. The Kier molecular flexibility index (Phi) is 5.11. The number of rotatable bonds is 5. The van der Waals surface area contributed by atoms with Crippen LogP contribution in [0.15, 0.2) is 29.8 Å². The minimum atomic E-state index is -0.00635. The molecule has 0 bridgehead atoms. The highest BCUT2D eigenvalue weighted by Crippen LogP contribution is 2.25. The normalized spacial score (nSPS) is 18.1. The Morgan fingerprint density at radius 2 is 2.00 bits per heavy atom. The lowest BCUT2D eigenvalue weighted by molar-refractivity contribution is -0.117. The maximum Gasteiger partial charge on any atom is 0.250 e. The Morgan fingerprint density at radius 3 is 2.86 bits per heavy atom. The first-order valence-electron chi connectivity index (χ1n) is 8.26. The van der Waals surface area contributed by atoms with Crippen LogP contribution in [0.5, 0.6) is 5.75 Å². The topological polar surface area (TPSA) is 41.6 Å². The number of carbonyl (C=O) groups excluding carboxylic acids is 1. The lowest BCUT2D eigenvalue weighted by Gasteiger charge is -2.26. The van der Waals surface area contributed by atoms with Gasteiger partial charge in [0.2, 0.25) is 0 Å². The first kappa shape index (κ1) is 15.1. The van der Waals surface area contributed by atoms with E-state index in [-0.39, 0.29) is 5.91 Å². The monoisotopic (exact) mass is 300 g/mol. The first-order chi connectivity index (χ1) is 10.8. The zero-order chi connectivity index (χ0) is 15.2. The summed E-state index contributed by atoms with van der Waals surface area (Å²) < 4.78 is 5.62. The summed E-state index contributed by atoms with van der Waals surface area (Å²) in [5, 5.41) is 3.01. The smallest absolute Gasteiger partial charge is 0.250 e. The van der Waals surface area contributed by atoms with E-state index >= 15 is 0 Å². The average Bonchev–Trinajstić information content (AvgIpc) is 2.59. The minimum absolute atomic E-state index is 0.00635. The summed E-state index contributed by atoms with van der Waals surface area (Å²) in [7, 11) is 0. The maximum absolute atomic E-state index is 12.2. The maximum atomic E-state index is 12.2. The number of piperidine rings is 1. The number of hydrogen-bond acceptors (Lipinski definition) is 3. The highest BCUT2D eigenvalue weighted by atomic mass is 16.5. The van der Waals surface area contributed by atoms with Crippen LogP contribution in [-0.2, 0) is 4.79 Å². The van der Waals surface area contributed by atoms with Gasteiger partial charge < -0.3 is 15.0 Å². The number of fused-ring (bicyclic) bond motifs is 1. The molecule has 0 unspecified atom stereocenters. The predicted octanol–water partition coefficient (Wildman–Crippen LogP) is 2.45. The second-order valence-corrected chi connectivity index (χ2v) is 6.01. The second-order valence-electron chi connectivity index (χ2n) is 6.01. The molecule has 1 fully saturated rings. The number of para-hydroxylation sites is 1. The number of ether oxygens (including phenoxy) is 1. The van der Waals surface area contributed by atoms with Crippen molar-refractivity contribution < 1.29 is 9.53 Å². The van der Waals surface area contributed by atoms with Crippen molar-refractivity contribution in [1.82, 2.24) is 10.2 Å². The van der Waals surface area contributed by atoms with E-state index in [2.05, 4.69) is 10.2 Å². The summed E-state index contributed by atoms with van der Waals surface area (Å²) >= 11 is 0. The van der Waals surface area contributed by atoms with E-state index in [0.29, 0.717) is 12.2 Å². The Hall–Kier alpha value is -1.81. The Morgan fingerprint density at radius 1 is 1.18 bits per heavy atom. The van der Waals surface area contributed by atoms with Gasteiger partial charge in [-0.05, 0) is 51.0 Å². The van der Waals surface area contributed by atoms with Gasteiger partial charge in [-0.15, -0.1) is 0 Å². The molecule has 1 amide bonds. The van der Waals surface area contributed by atoms with Gasteiger partial charge in [-0.25, -0.2) is 0 Å². The van der Waals surface area contributed by atoms with Gasteiger partial charge in [-0.3, -0.25) is 4.79 Å². The molecule has 1 saturated heterocycles. The molecule has 0 spiro atoms. The third kappa shape index (κ3) is 3.89. The van der Waals surface area contributed by atoms with Crippen molar-refractivity contribution in [3.63, 3.8) is 0 Å². The Labute approximate surface area is 132 Å². The molecule has 0 atom stereocenters. The highest BCUT2D eigenvalue weighted by Gasteiger charge is 2.16. The van der Waals surface area contributed by atoms with Crippen LogP contribution in [-0.4, -0.2) is 43.6 Å². The molecule has 0 aliphatic carbocycles. The van der Waals surface area contributed by atoms with Crippen LogP contribution < -0.4 is 10.1 Å². The molecule has 2 aliphatic rings. The summed E-state index contributed by atoms with van der Waals surface area (Å²) in [6.45, 7) is 4.59. The Balaban J connectivity index is 1.43. The first-order valence-corrected chi connectivity index (χ1v) is 8.26. The number of nitrogens with zero attached hydrogens (tertiary/aromatic N) is 1. The standard InChI is InChI=1S/C18H24N2O2/c21-18(19-9-6-12-20-10-4-1-5-11-20)16-13-15-7-2-3-8-17(15)22-14-16/h2-3,7-8,13H,1,4-6,9-12,14H2,(H,19,21). The fourth-order valence-corrected chi connectivity index (χ4v) is 3.05. The molecule has 4 heteroatoms. The molecule has 4 nitrogen and oxygen atoms in total. The lowest BCUT2D eigenvalue weighted by atomic mass is 10.1. The van der Waals surface area contributed by atoms with E-state index in [1.165, 1.54) is 32.4 Å². The van der Waals surface area contributed by atoms with Crippen LogP contribution in [0.2, 0.25) is 0 Å². The van der Waals surface area contributed by atoms with Gasteiger partial charge in [0.15, 0.2) is 0 Å². The van der Waals surface area contributed by atoms with Gasteiger partial charge >= 0.3 is 0 Å². The number of carbonyl (C=O) groups is 1. The molecule has 1 aromatic rings. The minimum Gasteiger partial charge on any atom is -0.488 e. The number of likely N-dealkylation sites (tertiary alicyclic amines) is 1. The van der Waals surface area contributed by atoms with Crippen molar-refractivity contribution in [2.24, 2.45) is 0 Å². The van der Waals surface area contributed by atoms with Gasteiger partial charge in [0, 0.05) is 12.1 Å². The summed E-state index contributed by atoms with van der Waals surface area (Å²) in [6, 6.07) is 7.80. The van der Waals surface area contributed by atoms with Crippen molar-refractivity contribution in [3.8, 4) is 5.75 Å². The lowest BCUT2D eigenvalue weighted by Crippen LogP contribution is -2.34. The molecule has 0 saturated carbocycles. The molecule has 3 rings (SSSR count). The molecule has 0 aromatic heterocycles. The second kappa shape index (κ2) is 7.45. The molecule has 0 radical (unpaired) electrons. The van der Waals surface area contributed by atoms with Crippen LogP contribution in [0.4, 0.5) is 0 Å². The highest BCUT2D eigenvalue weighted by molar-refractivity contribution is 5.99. The van der Waals surface area contributed by atoms with Gasteiger partial charge in [0.05, 0.1) is 5.57 Å². The van der Waals surface area contributed by atoms with Gasteiger partial charge in [0.25, 0.3) is 5.91 Å². The molecular weight excluding hydrogens is 276 g/mol. The van der Waals surface area contributed by atoms with Crippen LogP contribution in [0.1, 0.15) is 31.2 Å². The van der Waals surface area contributed by atoms with Crippen molar-refractivity contribution >= 4 is 12.0 Å². The zero-order valence-electron chi connectivity index (χ0n) is 13.0. The van der Waals surface area contributed by atoms with Gasteiger partial charge in [-0.2, -0.15) is 0 Å². The van der Waals surface area contributed by atoms with Crippen LogP contribution in [0, 0.1) is 0 Å². The SMILES string of the molecule is O=C(NCCCN1CCCCC1)C1=Cc2ccccc2OC1. The third-order valence-electron chi connectivity index (χ3n) is 4.31. The number of hydrogen-bond donors (Lipinski definition) is 1. The molecule has 1 N–H and O–H groups in total. The fourth-order valence-electron chi connectivity index (χ4n) is 3.05. The summed E-state index contributed by atoms with van der Waals surface area (Å²) in [4.78, 5) is 14.7. The largest absolute Gasteiger partial charge is 0.488 e. The van der Waals surface area contributed by atoms with Crippen molar-refractivity contribution in [1.29, 1.82) is 0 Å². The third-order valence-corrected chi connectivity index (χ3v) is 4.31. The van der Waals surface area contributed by atoms with Gasteiger partial charge in [0.1, 0.15) is 12.4 Å². The van der Waals surface area contributed by atoms with E-state index in [1.54, 1.807) is 0 Å². The molecule has 118 valence electrons. The number of amides is 1. The van der Waals surface area contributed by atoms with Gasteiger partial charge in [-0.1, -0.05) is 24.6 Å². The fraction of sp³-hybridized carbons (Fsp3) is 0.500. The van der Waals surface area contributed by atoms with E-state index < -0.39 is 0 Å². The van der Waals surface area contributed by atoms with E-state index in [0.717, 1.165) is 30.8 Å². The van der Waals surface area contributed by atoms with Crippen molar-refractivity contribution in [2.75, 3.05) is 32.8 Å². The van der Waals surface area contributed by atoms with Crippen LogP contribution in [0.25, 0.3) is 6.08 Å². The number of nitrogens with one attached hydrogen (secondary N) is 1. The summed E-state index contributed by atoms with van der Waals surface area (Å²) in [5.41, 5.74) is 1.68. The van der Waals surface area contributed by atoms with E-state index in [9.17, 15) is 4.79 Å². The summed E-state index contributed by atoms with van der Waals surface area (Å²) in [6.07, 6.45) is 6.93. The zero-order valence-corrected chi connectivity index (χ0v) is 13.0. The average molecular weight is 300 g/mol. The molecule has 1 aromatic carbocycles. The Bertz CT molecular complexity index is 548.